The molecule has 148 valence electrons. The number of rotatable bonds is 3. The standard InChI is InChI=1S/C24H40O2/c1-5-12-24(4,26)21-9-8-19-18-7-6-16-15-17(25)10-13-22(16,2)20(18)11-14-23(19,21)3/h6,17-21,25-26H,5,7-15H2,1-4H3/t17-,18-,19-,20-,21-,22-,23-,24+/m0/s1. The molecule has 3 fully saturated rings. The molecule has 0 saturated heterocycles. The number of fused-ring (bicyclic) bond motifs is 5. The average Bonchev–Trinajstić information content (AvgIpc) is 2.93. The molecule has 0 radical (unpaired) electrons. The Hall–Kier alpha value is -0.340. The van der Waals surface area contributed by atoms with Crippen molar-refractivity contribution in [1.82, 2.24) is 0 Å². The van der Waals surface area contributed by atoms with Crippen LogP contribution in [0.4, 0.5) is 0 Å². The highest BCUT2D eigenvalue weighted by atomic mass is 16.3. The molecule has 3 saturated carbocycles. The van der Waals surface area contributed by atoms with E-state index in [9.17, 15) is 10.2 Å². The molecular weight excluding hydrogens is 320 g/mol. The van der Waals surface area contributed by atoms with Gasteiger partial charge in [-0.3, -0.25) is 0 Å². The lowest BCUT2D eigenvalue weighted by Gasteiger charge is -2.59. The first-order valence-corrected chi connectivity index (χ1v) is 11.3. The van der Waals surface area contributed by atoms with Gasteiger partial charge in [-0.2, -0.15) is 0 Å². The number of allylic oxidation sites excluding steroid dienone is 1. The van der Waals surface area contributed by atoms with Crippen LogP contribution in [-0.4, -0.2) is 21.9 Å². The molecule has 0 aromatic heterocycles. The highest BCUT2D eigenvalue weighted by Crippen LogP contribution is 2.67. The van der Waals surface area contributed by atoms with Gasteiger partial charge in [0.2, 0.25) is 0 Å². The van der Waals surface area contributed by atoms with Crippen LogP contribution in [0.1, 0.15) is 91.9 Å². The first-order chi connectivity index (χ1) is 12.2. The molecule has 0 aromatic rings. The third-order valence-electron chi connectivity index (χ3n) is 9.58. The van der Waals surface area contributed by atoms with Crippen molar-refractivity contribution in [3.63, 3.8) is 0 Å². The van der Waals surface area contributed by atoms with Crippen LogP contribution in [0.2, 0.25) is 0 Å². The van der Waals surface area contributed by atoms with Crippen molar-refractivity contribution >= 4 is 0 Å². The monoisotopic (exact) mass is 360 g/mol. The highest BCUT2D eigenvalue weighted by Gasteiger charge is 2.61. The summed E-state index contributed by atoms with van der Waals surface area (Å²) in [7, 11) is 0. The van der Waals surface area contributed by atoms with Gasteiger partial charge in [-0.1, -0.05) is 38.8 Å². The van der Waals surface area contributed by atoms with Crippen LogP contribution in [0.5, 0.6) is 0 Å². The molecule has 2 nitrogen and oxygen atoms in total. The number of aliphatic hydroxyl groups excluding tert-OH is 1. The van der Waals surface area contributed by atoms with Crippen molar-refractivity contribution in [2.75, 3.05) is 0 Å². The van der Waals surface area contributed by atoms with Crippen LogP contribution in [-0.2, 0) is 0 Å². The molecule has 0 aromatic carbocycles. The SMILES string of the molecule is CCC[C@@](C)(O)[C@H]1CC[C@H]2[C@@H]3CC=C4C[C@@H](O)CC[C@]4(C)[C@H]3CC[C@@]21C. The summed E-state index contributed by atoms with van der Waals surface area (Å²) in [6.07, 6.45) is 13.8. The Morgan fingerprint density at radius 2 is 1.88 bits per heavy atom. The molecule has 26 heavy (non-hydrogen) atoms. The van der Waals surface area contributed by atoms with Gasteiger partial charge in [0.1, 0.15) is 0 Å². The number of hydrogen-bond donors (Lipinski definition) is 2. The Balaban J connectivity index is 1.62. The van der Waals surface area contributed by atoms with Crippen LogP contribution >= 0.6 is 0 Å². The van der Waals surface area contributed by atoms with E-state index in [1.54, 1.807) is 5.57 Å². The maximum Gasteiger partial charge on any atom is 0.0653 e. The molecule has 0 bridgehead atoms. The first-order valence-electron chi connectivity index (χ1n) is 11.3. The molecule has 0 heterocycles. The fourth-order valence-electron chi connectivity index (χ4n) is 8.34. The van der Waals surface area contributed by atoms with Gasteiger partial charge in [-0.05, 0) is 99.2 Å². The van der Waals surface area contributed by atoms with Gasteiger partial charge >= 0.3 is 0 Å². The van der Waals surface area contributed by atoms with E-state index in [0.717, 1.165) is 43.4 Å². The summed E-state index contributed by atoms with van der Waals surface area (Å²) in [5.41, 5.74) is 1.71. The van der Waals surface area contributed by atoms with Gasteiger partial charge in [-0.25, -0.2) is 0 Å². The van der Waals surface area contributed by atoms with Gasteiger partial charge in [0, 0.05) is 0 Å². The Kier molecular flexibility index (Phi) is 4.63. The Morgan fingerprint density at radius 1 is 1.12 bits per heavy atom. The smallest absolute Gasteiger partial charge is 0.0653 e. The average molecular weight is 361 g/mol. The van der Waals surface area contributed by atoms with Gasteiger partial charge in [0.05, 0.1) is 11.7 Å². The highest BCUT2D eigenvalue weighted by molar-refractivity contribution is 5.25. The lowest BCUT2D eigenvalue weighted by Crippen LogP contribution is -2.53. The zero-order valence-electron chi connectivity index (χ0n) is 17.4. The summed E-state index contributed by atoms with van der Waals surface area (Å²) < 4.78 is 0. The van der Waals surface area contributed by atoms with E-state index in [1.807, 2.05) is 0 Å². The van der Waals surface area contributed by atoms with Crippen LogP contribution in [0.3, 0.4) is 0 Å². The molecule has 0 spiro atoms. The van der Waals surface area contributed by atoms with Gasteiger partial charge in [-0.15, -0.1) is 0 Å². The maximum atomic E-state index is 11.2. The summed E-state index contributed by atoms with van der Waals surface area (Å²) in [5, 5.41) is 21.4. The summed E-state index contributed by atoms with van der Waals surface area (Å²) in [4.78, 5) is 0. The van der Waals surface area contributed by atoms with E-state index in [0.29, 0.717) is 16.7 Å². The van der Waals surface area contributed by atoms with E-state index in [-0.39, 0.29) is 6.10 Å². The lowest BCUT2D eigenvalue weighted by molar-refractivity contribution is -0.105. The van der Waals surface area contributed by atoms with E-state index in [1.165, 1.54) is 38.5 Å². The van der Waals surface area contributed by atoms with Crippen LogP contribution in [0, 0.1) is 34.5 Å². The molecule has 4 aliphatic carbocycles. The summed E-state index contributed by atoms with van der Waals surface area (Å²) in [5.74, 6) is 2.83. The molecule has 0 unspecified atom stereocenters. The first kappa shape index (κ1) is 19.0. The zero-order valence-corrected chi connectivity index (χ0v) is 17.4. The molecule has 8 atom stereocenters. The van der Waals surface area contributed by atoms with E-state index in [2.05, 4.69) is 33.8 Å². The van der Waals surface area contributed by atoms with Gasteiger partial charge in [0.15, 0.2) is 0 Å². The minimum absolute atomic E-state index is 0.111. The maximum absolute atomic E-state index is 11.2. The van der Waals surface area contributed by atoms with Crippen LogP contribution < -0.4 is 0 Å². The van der Waals surface area contributed by atoms with Crippen molar-refractivity contribution in [2.45, 2.75) is 104 Å². The molecule has 4 aliphatic rings. The van der Waals surface area contributed by atoms with Crippen molar-refractivity contribution in [3.8, 4) is 0 Å². The van der Waals surface area contributed by atoms with E-state index < -0.39 is 5.60 Å². The number of hydrogen-bond acceptors (Lipinski definition) is 2. The van der Waals surface area contributed by atoms with Crippen molar-refractivity contribution < 1.29 is 10.2 Å². The van der Waals surface area contributed by atoms with E-state index in [4.69, 9.17) is 0 Å². The molecule has 4 rings (SSSR count). The largest absolute Gasteiger partial charge is 0.393 e. The lowest BCUT2D eigenvalue weighted by atomic mass is 9.46. The predicted octanol–water partition coefficient (Wildman–Crippen LogP) is 5.48. The van der Waals surface area contributed by atoms with Gasteiger partial charge in [0.25, 0.3) is 0 Å². The molecule has 2 N–H and O–H groups in total. The number of aliphatic hydroxyl groups is 2. The molecular formula is C24H40O2. The third-order valence-corrected chi connectivity index (χ3v) is 9.58. The topological polar surface area (TPSA) is 40.5 Å². The van der Waals surface area contributed by atoms with E-state index >= 15 is 0 Å². The summed E-state index contributed by atoms with van der Waals surface area (Å²) in [6, 6.07) is 0. The quantitative estimate of drug-likeness (QED) is 0.655. The minimum Gasteiger partial charge on any atom is -0.393 e. The third kappa shape index (κ3) is 2.65. The fraction of sp³-hybridized carbons (Fsp3) is 0.917. The summed E-state index contributed by atoms with van der Waals surface area (Å²) >= 11 is 0. The minimum atomic E-state index is -0.500. The normalized spacial score (nSPS) is 50.2. The van der Waals surface area contributed by atoms with Crippen molar-refractivity contribution in [2.24, 2.45) is 34.5 Å². The van der Waals surface area contributed by atoms with Crippen molar-refractivity contribution in [1.29, 1.82) is 0 Å². The predicted molar refractivity (Wildman–Crippen MR) is 107 cm³/mol. The Bertz CT molecular complexity index is 579. The second kappa shape index (κ2) is 6.34. The van der Waals surface area contributed by atoms with Gasteiger partial charge < -0.3 is 10.2 Å². The molecule has 0 amide bonds. The Morgan fingerprint density at radius 3 is 2.62 bits per heavy atom. The van der Waals surface area contributed by atoms with Crippen LogP contribution in [0.25, 0.3) is 0 Å². The molecule has 2 heteroatoms. The van der Waals surface area contributed by atoms with Crippen LogP contribution in [0.15, 0.2) is 11.6 Å². The second-order valence-corrected chi connectivity index (χ2v) is 10.9. The zero-order chi connectivity index (χ0) is 18.7. The Labute approximate surface area is 160 Å². The summed E-state index contributed by atoms with van der Waals surface area (Å²) in [6.45, 7) is 9.33. The molecule has 0 aliphatic heterocycles. The second-order valence-electron chi connectivity index (χ2n) is 10.9. The fourth-order valence-corrected chi connectivity index (χ4v) is 8.34. The van der Waals surface area contributed by atoms with Crippen molar-refractivity contribution in [3.05, 3.63) is 11.6 Å².